The van der Waals surface area contributed by atoms with E-state index in [1.165, 1.54) is 4.90 Å². The molecule has 1 aromatic heterocycles. The Labute approximate surface area is 232 Å². The first-order valence-corrected chi connectivity index (χ1v) is 13.0. The summed E-state index contributed by atoms with van der Waals surface area (Å²) < 4.78 is 0. The van der Waals surface area contributed by atoms with Crippen molar-refractivity contribution in [1.29, 1.82) is 0 Å². The summed E-state index contributed by atoms with van der Waals surface area (Å²) in [4.78, 5) is 44.3. The van der Waals surface area contributed by atoms with E-state index in [0.29, 0.717) is 35.2 Å². The van der Waals surface area contributed by atoms with E-state index in [2.05, 4.69) is 10.3 Å². The van der Waals surface area contributed by atoms with Crippen LogP contribution in [0.1, 0.15) is 44.3 Å². The minimum absolute atomic E-state index is 0.0418. The van der Waals surface area contributed by atoms with Gasteiger partial charge in [0.05, 0.1) is 19.1 Å². The van der Waals surface area contributed by atoms with Crippen molar-refractivity contribution in [3.8, 4) is 11.1 Å². The fourth-order valence-electron chi connectivity index (χ4n) is 4.50. The second-order valence-corrected chi connectivity index (χ2v) is 9.26. The standard InChI is InChI=1S/C32H31N3O5/c36-22-29(24-10-2-1-3-11-24)34-31(39)27-14-6-4-12-25(27)26-13-5-7-15-28(26)32(40)35(20-17-30(37)38)19-16-23-9-8-18-33-21-23/h1-15,18,21,29,36H,16-17,19-20,22H2,(H,34,39)(H,37,38)/t29-/m1/s1. The normalized spacial score (nSPS) is 11.4. The molecule has 4 aromatic rings. The van der Waals surface area contributed by atoms with Crippen LogP contribution in [0.5, 0.6) is 0 Å². The van der Waals surface area contributed by atoms with Crippen LogP contribution in [0.2, 0.25) is 0 Å². The Morgan fingerprint density at radius 1 is 0.800 bits per heavy atom. The van der Waals surface area contributed by atoms with E-state index in [-0.39, 0.29) is 31.4 Å². The summed E-state index contributed by atoms with van der Waals surface area (Å²) in [6.45, 7) is 0.0755. The van der Waals surface area contributed by atoms with Gasteiger partial charge in [-0.15, -0.1) is 0 Å². The van der Waals surface area contributed by atoms with Crippen molar-refractivity contribution in [2.45, 2.75) is 18.9 Å². The predicted molar refractivity (Wildman–Crippen MR) is 152 cm³/mol. The molecule has 3 N–H and O–H groups in total. The molecule has 0 fully saturated rings. The van der Waals surface area contributed by atoms with Crippen molar-refractivity contribution in [2.24, 2.45) is 0 Å². The number of nitrogens with one attached hydrogen (secondary N) is 1. The zero-order valence-electron chi connectivity index (χ0n) is 21.9. The highest BCUT2D eigenvalue weighted by molar-refractivity contribution is 6.06. The Bertz CT molecular complexity index is 1440. The van der Waals surface area contributed by atoms with Gasteiger partial charge in [0.2, 0.25) is 0 Å². The molecule has 204 valence electrons. The number of carboxylic acid groups (broad SMARTS) is 1. The maximum atomic E-state index is 13.8. The van der Waals surface area contributed by atoms with Gasteiger partial charge >= 0.3 is 5.97 Å². The van der Waals surface area contributed by atoms with E-state index in [4.69, 9.17) is 0 Å². The summed E-state index contributed by atoms with van der Waals surface area (Å²) in [6, 6.07) is 26.3. The third-order valence-corrected chi connectivity index (χ3v) is 6.59. The largest absolute Gasteiger partial charge is 0.481 e. The van der Waals surface area contributed by atoms with Crippen molar-refractivity contribution < 1.29 is 24.6 Å². The molecular weight excluding hydrogens is 506 g/mol. The number of carbonyl (C=O) groups is 3. The Morgan fingerprint density at radius 2 is 1.45 bits per heavy atom. The molecule has 0 unspecified atom stereocenters. The van der Waals surface area contributed by atoms with Crippen LogP contribution in [0, 0.1) is 0 Å². The number of aliphatic hydroxyl groups is 1. The number of hydrogen-bond acceptors (Lipinski definition) is 5. The Balaban J connectivity index is 1.64. The SMILES string of the molecule is O=C(O)CCN(CCc1cccnc1)C(=O)c1ccccc1-c1ccccc1C(=O)N[C@H](CO)c1ccccc1. The average molecular weight is 538 g/mol. The van der Waals surface area contributed by atoms with Crippen molar-refractivity contribution >= 4 is 17.8 Å². The molecule has 3 aromatic carbocycles. The minimum atomic E-state index is -0.994. The molecule has 0 spiro atoms. The van der Waals surface area contributed by atoms with Crippen LogP contribution in [0.3, 0.4) is 0 Å². The summed E-state index contributed by atoms with van der Waals surface area (Å²) in [5.74, 6) is -1.71. The molecule has 0 saturated carbocycles. The number of rotatable bonds is 12. The van der Waals surface area contributed by atoms with Gasteiger partial charge in [0.25, 0.3) is 11.8 Å². The maximum absolute atomic E-state index is 13.8. The van der Waals surface area contributed by atoms with Gasteiger partial charge in [-0.1, -0.05) is 72.8 Å². The number of pyridine rings is 1. The quantitative estimate of drug-likeness (QED) is 0.247. The first kappa shape index (κ1) is 28.2. The zero-order chi connectivity index (χ0) is 28.3. The van der Waals surface area contributed by atoms with E-state index in [9.17, 15) is 24.6 Å². The van der Waals surface area contributed by atoms with Crippen molar-refractivity contribution in [3.63, 3.8) is 0 Å². The monoisotopic (exact) mass is 537 g/mol. The molecule has 40 heavy (non-hydrogen) atoms. The van der Waals surface area contributed by atoms with Gasteiger partial charge in [-0.25, -0.2) is 0 Å². The lowest BCUT2D eigenvalue weighted by Crippen LogP contribution is -2.35. The van der Waals surface area contributed by atoms with Crippen molar-refractivity contribution in [3.05, 3.63) is 126 Å². The average Bonchev–Trinajstić information content (AvgIpc) is 3.00. The molecule has 0 saturated heterocycles. The van der Waals surface area contributed by atoms with Gasteiger partial charge in [-0.05, 0) is 46.9 Å². The summed E-state index contributed by atoms with van der Waals surface area (Å²) >= 11 is 0. The predicted octanol–water partition coefficient (Wildman–Crippen LogP) is 4.37. The van der Waals surface area contributed by atoms with Crippen molar-refractivity contribution in [2.75, 3.05) is 19.7 Å². The lowest BCUT2D eigenvalue weighted by molar-refractivity contribution is -0.137. The number of hydrogen-bond donors (Lipinski definition) is 3. The molecule has 0 radical (unpaired) electrons. The Morgan fingerprint density at radius 3 is 2.10 bits per heavy atom. The van der Waals surface area contributed by atoms with Crippen LogP contribution in [0.15, 0.2) is 103 Å². The first-order chi connectivity index (χ1) is 19.5. The van der Waals surface area contributed by atoms with E-state index in [0.717, 1.165) is 11.1 Å². The van der Waals surface area contributed by atoms with Gasteiger partial charge < -0.3 is 20.4 Å². The number of amides is 2. The molecule has 0 aliphatic carbocycles. The number of nitrogens with zero attached hydrogens (tertiary/aromatic N) is 2. The summed E-state index contributed by atoms with van der Waals surface area (Å²) in [5.41, 5.74) is 3.53. The molecular formula is C32H31N3O5. The second kappa shape index (κ2) is 13.8. The van der Waals surface area contributed by atoms with Gasteiger partial charge in [0.1, 0.15) is 0 Å². The summed E-state index contributed by atoms with van der Waals surface area (Å²) in [5, 5.41) is 22.1. The lowest BCUT2D eigenvalue weighted by Gasteiger charge is -2.24. The zero-order valence-corrected chi connectivity index (χ0v) is 21.9. The van der Waals surface area contributed by atoms with Crippen LogP contribution in [-0.4, -0.2) is 57.6 Å². The number of carboxylic acids is 1. The highest BCUT2D eigenvalue weighted by atomic mass is 16.4. The van der Waals surface area contributed by atoms with Crippen LogP contribution in [-0.2, 0) is 11.2 Å². The van der Waals surface area contributed by atoms with Crippen LogP contribution >= 0.6 is 0 Å². The Hall–Kier alpha value is -4.82. The highest BCUT2D eigenvalue weighted by Gasteiger charge is 2.23. The van der Waals surface area contributed by atoms with Gasteiger partial charge in [-0.2, -0.15) is 0 Å². The summed E-state index contributed by atoms with van der Waals surface area (Å²) in [7, 11) is 0. The van der Waals surface area contributed by atoms with Crippen LogP contribution < -0.4 is 5.32 Å². The van der Waals surface area contributed by atoms with Crippen LogP contribution in [0.25, 0.3) is 11.1 Å². The molecule has 0 bridgehead atoms. The van der Waals surface area contributed by atoms with Gasteiger partial charge in [-0.3, -0.25) is 19.4 Å². The molecule has 4 rings (SSSR count). The Kier molecular flexibility index (Phi) is 9.74. The number of carbonyl (C=O) groups excluding carboxylic acids is 2. The van der Waals surface area contributed by atoms with E-state index >= 15 is 0 Å². The van der Waals surface area contributed by atoms with Crippen LogP contribution in [0.4, 0.5) is 0 Å². The maximum Gasteiger partial charge on any atom is 0.305 e. The fraction of sp³-hybridized carbons (Fsp3) is 0.188. The van der Waals surface area contributed by atoms with Gasteiger partial charge in [0, 0.05) is 36.6 Å². The number of aromatic nitrogens is 1. The smallest absolute Gasteiger partial charge is 0.305 e. The lowest BCUT2D eigenvalue weighted by atomic mass is 9.94. The third-order valence-electron chi connectivity index (χ3n) is 6.59. The number of aliphatic carboxylic acids is 1. The molecule has 1 heterocycles. The van der Waals surface area contributed by atoms with E-state index in [1.807, 2.05) is 42.5 Å². The van der Waals surface area contributed by atoms with Crippen molar-refractivity contribution in [1.82, 2.24) is 15.2 Å². The third kappa shape index (κ3) is 7.18. The molecule has 0 aliphatic rings. The molecule has 0 aliphatic heterocycles. The first-order valence-electron chi connectivity index (χ1n) is 13.0. The molecule has 8 heteroatoms. The van der Waals surface area contributed by atoms with E-state index in [1.54, 1.807) is 60.9 Å². The molecule has 2 amide bonds. The second-order valence-electron chi connectivity index (χ2n) is 9.26. The highest BCUT2D eigenvalue weighted by Crippen LogP contribution is 2.29. The summed E-state index contributed by atoms with van der Waals surface area (Å²) in [6.07, 6.45) is 3.71. The molecule has 1 atom stereocenters. The minimum Gasteiger partial charge on any atom is -0.481 e. The molecule has 8 nitrogen and oxygen atoms in total. The fourth-order valence-corrected chi connectivity index (χ4v) is 4.50. The van der Waals surface area contributed by atoms with E-state index < -0.39 is 12.0 Å². The van der Waals surface area contributed by atoms with Gasteiger partial charge in [0.15, 0.2) is 0 Å². The topological polar surface area (TPSA) is 120 Å². The number of benzene rings is 3. The number of aliphatic hydroxyl groups excluding tert-OH is 1.